The number of rotatable bonds is 47. The van der Waals surface area contributed by atoms with E-state index in [0.717, 1.165) is 75.5 Å². The highest BCUT2D eigenvalue weighted by atomic mass is 16.6. The lowest BCUT2D eigenvalue weighted by Crippen LogP contribution is -2.30. The molecule has 0 bridgehead atoms. The first-order valence-electron chi connectivity index (χ1n) is 26.7. The highest BCUT2D eigenvalue weighted by Gasteiger charge is 2.19. The van der Waals surface area contributed by atoms with Gasteiger partial charge >= 0.3 is 17.9 Å². The lowest BCUT2D eigenvalue weighted by atomic mass is 9.99. The zero-order valence-electron chi connectivity index (χ0n) is 41.3. The second kappa shape index (κ2) is 45.4. The van der Waals surface area contributed by atoms with Gasteiger partial charge in [-0.15, -0.1) is 0 Å². The Bertz CT molecular complexity index is 933. The Kier molecular flexibility index (Phi) is 44.2. The van der Waals surface area contributed by atoms with Crippen LogP contribution in [-0.2, 0) is 28.6 Å². The normalized spacial score (nSPS) is 13.1. The second-order valence-electron chi connectivity index (χ2n) is 19.5. The highest BCUT2D eigenvalue weighted by molar-refractivity contribution is 5.71. The van der Waals surface area contributed by atoms with Gasteiger partial charge in [0.05, 0.1) is 0 Å². The zero-order chi connectivity index (χ0) is 44.2. The maximum absolute atomic E-state index is 12.7. The fraction of sp³-hybridized carbons (Fsp3) is 0.944. The molecular formula is C54H104O6. The number of hydrogen-bond acceptors (Lipinski definition) is 6. The fourth-order valence-electron chi connectivity index (χ4n) is 8.05. The largest absolute Gasteiger partial charge is 0.462 e. The Morgan fingerprint density at radius 2 is 0.583 bits per heavy atom. The second-order valence-corrected chi connectivity index (χ2v) is 19.5. The molecule has 0 saturated heterocycles. The number of esters is 3. The van der Waals surface area contributed by atoms with E-state index < -0.39 is 6.10 Å². The van der Waals surface area contributed by atoms with Crippen LogP contribution in [0.15, 0.2) is 0 Å². The topological polar surface area (TPSA) is 78.9 Å². The molecule has 0 heterocycles. The third kappa shape index (κ3) is 44.5. The van der Waals surface area contributed by atoms with Crippen LogP contribution in [0.4, 0.5) is 0 Å². The van der Waals surface area contributed by atoms with Crippen molar-refractivity contribution in [1.82, 2.24) is 0 Å². The number of hydrogen-bond donors (Lipinski definition) is 0. The molecule has 0 fully saturated rings. The fourth-order valence-corrected chi connectivity index (χ4v) is 8.05. The Morgan fingerprint density at radius 3 is 0.867 bits per heavy atom. The molecule has 0 spiro atoms. The molecule has 0 aromatic heterocycles. The van der Waals surface area contributed by atoms with Crippen molar-refractivity contribution in [1.29, 1.82) is 0 Å². The molecule has 0 radical (unpaired) electrons. The summed E-state index contributed by atoms with van der Waals surface area (Å²) in [6.07, 6.45) is 45.4. The Balaban J connectivity index is 4.16. The molecule has 6 nitrogen and oxygen atoms in total. The molecule has 0 N–H and O–H groups in total. The molecular weight excluding hydrogens is 745 g/mol. The molecule has 356 valence electrons. The molecule has 0 aliphatic rings. The number of ether oxygens (including phenoxy) is 3. The average molecular weight is 849 g/mol. The summed E-state index contributed by atoms with van der Waals surface area (Å²) in [7, 11) is 0. The number of carbonyl (C=O) groups is 3. The summed E-state index contributed by atoms with van der Waals surface area (Å²) in [5, 5.41) is 0. The number of unbranched alkanes of at least 4 members (excludes halogenated alkanes) is 28. The van der Waals surface area contributed by atoms with Gasteiger partial charge in [-0.25, -0.2) is 0 Å². The summed E-state index contributed by atoms with van der Waals surface area (Å²) in [6, 6.07) is 0. The van der Waals surface area contributed by atoms with Crippen LogP contribution in [0.2, 0.25) is 0 Å². The maximum atomic E-state index is 12.7. The molecule has 3 atom stereocenters. The summed E-state index contributed by atoms with van der Waals surface area (Å²) >= 11 is 0. The van der Waals surface area contributed by atoms with Crippen molar-refractivity contribution in [3.8, 4) is 0 Å². The maximum Gasteiger partial charge on any atom is 0.306 e. The van der Waals surface area contributed by atoms with Crippen molar-refractivity contribution in [2.45, 2.75) is 298 Å². The zero-order valence-corrected chi connectivity index (χ0v) is 41.3. The van der Waals surface area contributed by atoms with Crippen molar-refractivity contribution in [3.63, 3.8) is 0 Å². The minimum Gasteiger partial charge on any atom is -0.462 e. The van der Waals surface area contributed by atoms with Gasteiger partial charge in [-0.2, -0.15) is 0 Å². The lowest BCUT2D eigenvalue weighted by molar-refractivity contribution is -0.167. The van der Waals surface area contributed by atoms with Gasteiger partial charge in [0.1, 0.15) is 13.2 Å². The van der Waals surface area contributed by atoms with Crippen molar-refractivity contribution >= 4 is 17.9 Å². The van der Waals surface area contributed by atoms with Crippen molar-refractivity contribution < 1.29 is 28.6 Å². The van der Waals surface area contributed by atoms with Crippen molar-refractivity contribution in [2.24, 2.45) is 17.8 Å². The molecule has 0 rings (SSSR count). The van der Waals surface area contributed by atoms with Crippen LogP contribution in [0.25, 0.3) is 0 Å². The van der Waals surface area contributed by atoms with Gasteiger partial charge in [0.15, 0.2) is 6.10 Å². The first-order chi connectivity index (χ1) is 29.2. The minimum absolute atomic E-state index is 0.0659. The summed E-state index contributed by atoms with van der Waals surface area (Å²) in [5.74, 6) is 1.64. The van der Waals surface area contributed by atoms with Gasteiger partial charge in [0.25, 0.3) is 0 Å². The van der Waals surface area contributed by atoms with Gasteiger partial charge in [-0.3, -0.25) is 14.4 Å². The van der Waals surface area contributed by atoms with E-state index in [4.69, 9.17) is 14.2 Å². The SMILES string of the molecule is CCC(C)CCCCCCCCCCCCCCCCCCCCC(=O)OC[C@H](COC(=O)CCCCCCCCC(C)CC)OC(=O)CCCCCCCCCC(C)C. The van der Waals surface area contributed by atoms with Gasteiger partial charge in [-0.05, 0) is 37.0 Å². The number of carbonyl (C=O) groups excluding carboxylic acids is 3. The van der Waals surface area contributed by atoms with Crippen LogP contribution in [0.1, 0.15) is 292 Å². The van der Waals surface area contributed by atoms with E-state index in [0.29, 0.717) is 19.3 Å². The van der Waals surface area contributed by atoms with Crippen LogP contribution in [0, 0.1) is 17.8 Å². The molecule has 60 heavy (non-hydrogen) atoms. The molecule has 0 aliphatic carbocycles. The van der Waals surface area contributed by atoms with E-state index in [-0.39, 0.29) is 31.1 Å². The first-order valence-corrected chi connectivity index (χ1v) is 26.7. The Labute approximate surface area is 374 Å². The summed E-state index contributed by atoms with van der Waals surface area (Å²) in [5.41, 5.74) is 0. The summed E-state index contributed by atoms with van der Waals surface area (Å²) < 4.78 is 16.8. The van der Waals surface area contributed by atoms with Gasteiger partial charge in [-0.1, -0.05) is 253 Å². The van der Waals surface area contributed by atoms with E-state index in [1.165, 1.54) is 173 Å². The predicted octanol–water partition coefficient (Wildman–Crippen LogP) is 17.2. The smallest absolute Gasteiger partial charge is 0.306 e. The van der Waals surface area contributed by atoms with Gasteiger partial charge in [0, 0.05) is 19.3 Å². The average Bonchev–Trinajstić information content (AvgIpc) is 3.23. The van der Waals surface area contributed by atoms with E-state index in [2.05, 4.69) is 41.5 Å². The summed E-state index contributed by atoms with van der Waals surface area (Å²) in [6.45, 7) is 13.7. The molecule has 0 aliphatic heterocycles. The molecule has 2 unspecified atom stereocenters. The third-order valence-corrected chi connectivity index (χ3v) is 12.9. The summed E-state index contributed by atoms with van der Waals surface area (Å²) in [4.78, 5) is 37.9. The minimum atomic E-state index is -0.763. The van der Waals surface area contributed by atoms with Gasteiger partial charge in [0.2, 0.25) is 0 Å². The van der Waals surface area contributed by atoms with Crippen LogP contribution < -0.4 is 0 Å². The van der Waals surface area contributed by atoms with E-state index in [1.54, 1.807) is 0 Å². The van der Waals surface area contributed by atoms with Crippen molar-refractivity contribution in [3.05, 3.63) is 0 Å². The molecule has 0 amide bonds. The molecule has 0 aromatic rings. The molecule has 0 saturated carbocycles. The van der Waals surface area contributed by atoms with E-state index in [1.807, 2.05) is 0 Å². The predicted molar refractivity (Wildman–Crippen MR) is 256 cm³/mol. The van der Waals surface area contributed by atoms with Crippen LogP contribution >= 0.6 is 0 Å². The Morgan fingerprint density at radius 1 is 0.333 bits per heavy atom. The van der Waals surface area contributed by atoms with Crippen LogP contribution in [-0.4, -0.2) is 37.2 Å². The van der Waals surface area contributed by atoms with Crippen LogP contribution in [0.3, 0.4) is 0 Å². The Hall–Kier alpha value is -1.59. The molecule has 6 heteroatoms. The first kappa shape index (κ1) is 58.4. The third-order valence-electron chi connectivity index (χ3n) is 12.9. The highest BCUT2D eigenvalue weighted by Crippen LogP contribution is 2.18. The quantitative estimate of drug-likeness (QED) is 0.0345. The lowest BCUT2D eigenvalue weighted by Gasteiger charge is -2.18. The van der Waals surface area contributed by atoms with Gasteiger partial charge < -0.3 is 14.2 Å². The monoisotopic (exact) mass is 849 g/mol. The standard InChI is InChI=1S/C54H104O6/c1-7-49(5)41-35-29-23-19-17-15-13-11-9-10-12-14-16-18-20-24-31-37-43-52(55)58-46-51(60-54(57)45-39-33-25-21-22-28-34-40-48(3)4)47-59-53(56)44-38-32-27-26-30-36-42-50(6)8-2/h48-51H,7-47H2,1-6H3/t49?,50?,51-/m1/s1. The molecule has 0 aromatic carbocycles. The van der Waals surface area contributed by atoms with Crippen molar-refractivity contribution in [2.75, 3.05) is 13.2 Å². The van der Waals surface area contributed by atoms with Crippen LogP contribution in [0.5, 0.6) is 0 Å². The van der Waals surface area contributed by atoms with E-state index >= 15 is 0 Å². The van der Waals surface area contributed by atoms with E-state index in [9.17, 15) is 14.4 Å².